The minimum Gasteiger partial charge on any atom is -0.465 e. The van der Waals surface area contributed by atoms with Crippen LogP contribution >= 0.6 is 0 Å². The third-order valence-corrected chi connectivity index (χ3v) is 4.67. The number of rotatable bonds is 4. The Labute approximate surface area is 132 Å². The third-order valence-electron chi connectivity index (χ3n) is 4.67. The molecule has 1 N–H and O–H groups in total. The van der Waals surface area contributed by atoms with Gasteiger partial charge in [0.05, 0.1) is 12.7 Å². The average molecular weight is 303 g/mol. The number of methoxy groups -OCH3 is 1. The highest BCUT2D eigenvalue weighted by Crippen LogP contribution is 2.19. The fourth-order valence-electron chi connectivity index (χ4n) is 3.47. The lowest BCUT2D eigenvalue weighted by molar-refractivity contribution is 0.0600. The van der Waals surface area contributed by atoms with Crippen molar-refractivity contribution in [1.82, 2.24) is 15.1 Å². The van der Waals surface area contributed by atoms with Crippen LogP contribution in [0.3, 0.4) is 0 Å². The first-order chi connectivity index (χ1) is 10.8. The number of benzene rings is 1. The van der Waals surface area contributed by atoms with Crippen molar-refractivity contribution >= 4 is 5.97 Å². The Morgan fingerprint density at radius 2 is 2.14 bits per heavy atom. The summed E-state index contributed by atoms with van der Waals surface area (Å²) >= 11 is 0. The number of hydrogen-bond acceptors (Lipinski definition) is 5. The lowest BCUT2D eigenvalue weighted by Crippen LogP contribution is -2.49. The maximum Gasteiger partial charge on any atom is 0.337 e. The van der Waals surface area contributed by atoms with Crippen molar-refractivity contribution in [3.8, 4) is 0 Å². The number of esters is 1. The summed E-state index contributed by atoms with van der Waals surface area (Å²) in [6.07, 6.45) is 1.25. The molecule has 1 unspecified atom stereocenters. The van der Waals surface area contributed by atoms with Gasteiger partial charge in [-0.05, 0) is 24.1 Å². The molecule has 0 spiro atoms. The molecule has 1 atom stereocenters. The Kier molecular flexibility index (Phi) is 5.08. The minimum absolute atomic E-state index is 0.262. The molecule has 0 amide bonds. The maximum atomic E-state index is 11.6. The summed E-state index contributed by atoms with van der Waals surface area (Å²) in [6, 6.07) is 8.47. The van der Waals surface area contributed by atoms with Crippen molar-refractivity contribution in [2.75, 3.05) is 46.4 Å². The Morgan fingerprint density at radius 3 is 2.91 bits per heavy atom. The van der Waals surface area contributed by atoms with Gasteiger partial charge in [0, 0.05) is 51.9 Å². The number of carbonyl (C=O) groups is 1. The summed E-state index contributed by atoms with van der Waals surface area (Å²) in [5.41, 5.74) is 1.82. The molecule has 2 heterocycles. The van der Waals surface area contributed by atoms with E-state index < -0.39 is 0 Å². The second-order valence-corrected chi connectivity index (χ2v) is 6.16. The van der Waals surface area contributed by atoms with Crippen LogP contribution in [0.2, 0.25) is 0 Å². The summed E-state index contributed by atoms with van der Waals surface area (Å²) < 4.78 is 4.79. The Balaban J connectivity index is 1.56. The summed E-state index contributed by atoms with van der Waals surface area (Å²) in [5.74, 6) is -0.262. The molecule has 2 aliphatic rings. The van der Waals surface area contributed by atoms with Crippen LogP contribution in [0, 0.1) is 0 Å². The van der Waals surface area contributed by atoms with Gasteiger partial charge in [0.25, 0.3) is 0 Å². The van der Waals surface area contributed by atoms with Crippen LogP contribution < -0.4 is 5.32 Å². The number of likely N-dealkylation sites (tertiary alicyclic amines) is 1. The van der Waals surface area contributed by atoms with E-state index in [1.165, 1.54) is 19.1 Å². The summed E-state index contributed by atoms with van der Waals surface area (Å²) in [6.45, 7) is 7.72. The number of nitrogens with zero attached hydrogens (tertiary/aromatic N) is 2. The van der Waals surface area contributed by atoms with Gasteiger partial charge in [0.1, 0.15) is 0 Å². The highest BCUT2D eigenvalue weighted by atomic mass is 16.5. The van der Waals surface area contributed by atoms with Crippen molar-refractivity contribution in [3.63, 3.8) is 0 Å². The molecule has 1 aromatic carbocycles. The first-order valence-corrected chi connectivity index (χ1v) is 8.10. The van der Waals surface area contributed by atoms with E-state index in [0.717, 1.165) is 45.8 Å². The minimum atomic E-state index is -0.262. The predicted molar refractivity (Wildman–Crippen MR) is 85.9 cm³/mol. The van der Waals surface area contributed by atoms with Crippen LogP contribution in [0.5, 0.6) is 0 Å². The molecule has 5 nitrogen and oxygen atoms in total. The molecule has 0 radical (unpaired) electrons. The highest BCUT2D eigenvalue weighted by molar-refractivity contribution is 5.89. The summed E-state index contributed by atoms with van der Waals surface area (Å²) in [4.78, 5) is 16.7. The largest absolute Gasteiger partial charge is 0.465 e. The number of nitrogens with one attached hydrogen (secondary N) is 1. The zero-order chi connectivity index (χ0) is 15.4. The standard InChI is InChI=1S/C17H25N3O2/c1-22-17(21)15-4-2-3-14(11-15)12-19-8-5-16(13-19)20-9-6-18-7-10-20/h2-4,11,16,18H,5-10,12-13H2,1H3. The zero-order valence-corrected chi connectivity index (χ0v) is 13.3. The van der Waals surface area contributed by atoms with E-state index in [4.69, 9.17) is 4.74 Å². The number of piperazine rings is 1. The van der Waals surface area contributed by atoms with Crippen LogP contribution in [-0.2, 0) is 11.3 Å². The van der Waals surface area contributed by atoms with E-state index in [-0.39, 0.29) is 5.97 Å². The monoisotopic (exact) mass is 303 g/mol. The van der Waals surface area contributed by atoms with Gasteiger partial charge in [0.2, 0.25) is 0 Å². The van der Waals surface area contributed by atoms with Crippen molar-refractivity contribution in [2.24, 2.45) is 0 Å². The number of carbonyl (C=O) groups excluding carboxylic acids is 1. The SMILES string of the molecule is COC(=O)c1cccc(CN2CCC(N3CCNCC3)C2)c1. The molecule has 120 valence electrons. The maximum absolute atomic E-state index is 11.6. The van der Waals surface area contributed by atoms with Crippen molar-refractivity contribution in [3.05, 3.63) is 35.4 Å². The number of hydrogen-bond donors (Lipinski definition) is 1. The van der Waals surface area contributed by atoms with Crippen molar-refractivity contribution in [2.45, 2.75) is 19.0 Å². The Morgan fingerprint density at radius 1 is 1.32 bits per heavy atom. The smallest absolute Gasteiger partial charge is 0.337 e. The van der Waals surface area contributed by atoms with E-state index in [1.807, 2.05) is 18.2 Å². The van der Waals surface area contributed by atoms with E-state index in [0.29, 0.717) is 11.6 Å². The van der Waals surface area contributed by atoms with Crippen LogP contribution in [0.4, 0.5) is 0 Å². The second-order valence-electron chi connectivity index (χ2n) is 6.16. The van der Waals surface area contributed by atoms with Gasteiger partial charge in [-0.1, -0.05) is 12.1 Å². The normalized spacial score (nSPS) is 23.6. The summed E-state index contributed by atoms with van der Waals surface area (Å²) in [5, 5.41) is 3.41. The van der Waals surface area contributed by atoms with Crippen molar-refractivity contribution in [1.29, 1.82) is 0 Å². The third kappa shape index (κ3) is 3.66. The van der Waals surface area contributed by atoms with E-state index in [2.05, 4.69) is 21.2 Å². The quantitative estimate of drug-likeness (QED) is 0.839. The molecular weight excluding hydrogens is 278 g/mol. The molecule has 0 aromatic heterocycles. The zero-order valence-electron chi connectivity index (χ0n) is 13.3. The van der Waals surface area contributed by atoms with Crippen molar-refractivity contribution < 1.29 is 9.53 Å². The van der Waals surface area contributed by atoms with Gasteiger partial charge >= 0.3 is 5.97 Å². The molecule has 0 saturated carbocycles. The molecular formula is C17H25N3O2. The van der Waals surface area contributed by atoms with E-state index >= 15 is 0 Å². The molecule has 2 fully saturated rings. The predicted octanol–water partition coefficient (Wildman–Crippen LogP) is 0.953. The van der Waals surface area contributed by atoms with E-state index in [9.17, 15) is 4.79 Å². The van der Waals surface area contributed by atoms with Crippen LogP contribution in [0.1, 0.15) is 22.3 Å². The van der Waals surface area contributed by atoms with Crippen LogP contribution in [0.15, 0.2) is 24.3 Å². The summed E-state index contributed by atoms with van der Waals surface area (Å²) in [7, 11) is 1.42. The fourth-order valence-corrected chi connectivity index (χ4v) is 3.47. The highest BCUT2D eigenvalue weighted by Gasteiger charge is 2.28. The molecule has 1 aromatic rings. The lowest BCUT2D eigenvalue weighted by atomic mass is 10.1. The first kappa shape index (κ1) is 15.5. The fraction of sp³-hybridized carbons (Fsp3) is 0.588. The van der Waals surface area contributed by atoms with Gasteiger partial charge in [-0.2, -0.15) is 0 Å². The lowest BCUT2D eigenvalue weighted by Gasteiger charge is -2.32. The number of ether oxygens (including phenoxy) is 1. The van der Waals surface area contributed by atoms with Gasteiger partial charge in [-0.3, -0.25) is 9.80 Å². The first-order valence-electron chi connectivity index (χ1n) is 8.10. The van der Waals surface area contributed by atoms with Gasteiger partial charge in [-0.15, -0.1) is 0 Å². The Hall–Kier alpha value is -1.43. The van der Waals surface area contributed by atoms with Gasteiger partial charge in [-0.25, -0.2) is 4.79 Å². The molecule has 5 heteroatoms. The topological polar surface area (TPSA) is 44.8 Å². The van der Waals surface area contributed by atoms with Gasteiger partial charge in [0.15, 0.2) is 0 Å². The molecule has 0 aliphatic carbocycles. The van der Waals surface area contributed by atoms with E-state index in [1.54, 1.807) is 0 Å². The van der Waals surface area contributed by atoms with Crippen LogP contribution in [-0.4, -0.2) is 68.2 Å². The molecule has 0 bridgehead atoms. The van der Waals surface area contributed by atoms with Gasteiger partial charge < -0.3 is 10.1 Å². The van der Waals surface area contributed by atoms with Crippen LogP contribution in [0.25, 0.3) is 0 Å². The molecule has 22 heavy (non-hydrogen) atoms. The second kappa shape index (κ2) is 7.22. The molecule has 3 rings (SSSR count). The molecule has 2 saturated heterocycles. The average Bonchev–Trinajstić information content (AvgIpc) is 3.03. The Bertz CT molecular complexity index is 514. The molecule has 2 aliphatic heterocycles.